The number of amides is 1. The first-order chi connectivity index (χ1) is 13.4. The lowest BCUT2D eigenvalue weighted by Gasteiger charge is -2.34. The molecule has 0 unspecified atom stereocenters. The third-order valence-electron chi connectivity index (χ3n) is 4.14. The Labute approximate surface area is 166 Å². The Morgan fingerprint density at radius 1 is 1.00 bits per heavy atom. The first kappa shape index (κ1) is 21.4. The molecule has 1 saturated heterocycles. The molecule has 2 heterocycles. The number of carboxylic acid groups (broad SMARTS) is 2. The Morgan fingerprint density at radius 3 is 2.07 bits per heavy atom. The van der Waals surface area contributed by atoms with Gasteiger partial charge in [0.2, 0.25) is 0 Å². The molecule has 9 heteroatoms. The average molecular weight is 406 g/mol. The van der Waals surface area contributed by atoms with E-state index in [0.29, 0.717) is 0 Å². The van der Waals surface area contributed by atoms with Crippen LogP contribution >= 0.6 is 11.3 Å². The van der Waals surface area contributed by atoms with Crippen molar-refractivity contribution in [1.29, 1.82) is 0 Å². The third-order valence-corrected chi connectivity index (χ3v) is 5.00. The summed E-state index contributed by atoms with van der Waals surface area (Å²) >= 11 is 1.51. The fourth-order valence-corrected chi connectivity index (χ4v) is 3.35. The van der Waals surface area contributed by atoms with E-state index in [-0.39, 0.29) is 5.91 Å². The van der Waals surface area contributed by atoms with Gasteiger partial charge in [0.25, 0.3) is 5.91 Å². The van der Waals surface area contributed by atoms with Gasteiger partial charge in [-0.1, -0.05) is 18.2 Å². The van der Waals surface area contributed by atoms with Gasteiger partial charge in [-0.05, 0) is 29.1 Å². The fraction of sp³-hybridized carbons (Fsp3) is 0.316. The number of carboxylic acids is 2. The van der Waals surface area contributed by atoms with Gasteiger partial charge in [-0.2, -0.15) is 0 Å². The number of aliphatic carboxylic acids is 2. The van der Waals surface area contributed by atoms with Crippen LogP contribution in [0.3, 0.4) is 0 Å². The largest absolute Gasteiger partial charge is 0.497 e. The number of nitrogens with zero attached hydrogens (tertiary/aromatic N) is 2. The van der Waals surface area contributed by atoms with Gasteiger partial charge in [-0.3, -0.25) is 9.69 Å². The molecule has 1 amide bonds. The number of ether oxygens (including phenoxy) is 1. The second-order valence-corrected chi connectivity index (χ2v) is 6.95. The molecule has 0 aliphatic carbocycles. The van der Waals surface area contributed by atoms with Gasteiger partial charge in [0.15, 0.2) is 0 Å². The minimum atomic E-state index is -1.82. The van der Waals surface area contributed by atoms with E-state index < -0.39 is 11.9 Å². The van der Waals surface area contributed by atoms with Crippen LogP contribution in [0, 0.1) is 0 Å². The normalized spacial score (nSPS) is 14.0. The zero-order chi connectivity index (χ0) is 20.5. The lowest BCUT2D eigenvalue weighted by Crippen LogP contribution is -2.48. The molecule has 0 spiro atoms. The monoisotopic (exact) mass is 406 g/mol. The van der Waals surface area contributed by atoms with Crippen LogP contribution in [0.25, 0.3) is 0 Å². The number of carbonyl (C=O) groups excluding carboxylic acids is 1. The van der Waals surface area contributed by atoms with E-state index in [1.54, 1.807) is 7.11 Å². The lowest BCUT2D eigenvalue weighted by atomic mass is 10.2. The molecule has 8 nitrogen and oxygen atoms in total. The number of rotatable bonds is 4. The fourth-order valence-electron chi connectivity index (χ4n) is 2.65. The standard InChI is InChI=1S/C17H20N2O2S.C2H2O4/c1-21-15-6-4-14(5-7-15)13-18-8-10-19(11-9-18)17(20)16-3-2-12-22-16;3-1(4)2(5)6/h2-7,12H,8-11,13H2,1H3;(H,3,4)(H,5,6). The highest BCUT2D eigenvalue weighted by Gasteiger charge is 2.22. The number of thiophene rings is 1. The number of benzene rings is 1. The van der Waals surface area contributed by atoms with Crippen LogP contribution in [0.5, 0.6) is 5.75 Å². The summed E-state index contributed by atoms with van der Waals surface area (Å²) < 4.78 is 5.18. The summed E-state index contributed by atoms with van der Waals surface area (Å²) in [4.78, 5) is 35.7. The van der Waals surface area contributed by atoms with Gasteiger partial charge < -0.3 is 19.8 Å². The van der Waals surface area contributed by atoms with Gasteiger partial charge in [0, 0.05) is 32.7 Å². The maximum absolute atomic E-state index is 12.3. The molecule has 1 aliphatic heterocycles. The van der Waals surface area contributed by atoms with Gasteiger partial charge >= 0.3 is 11.9 Å². The minimum absolute atomic E-state index is 0.166. The number of methoxy groups -OCH3 is 1. The second kappa shape index (κ2) is 10.4. The van der Waals surface area contributed by atoms with Crippen LogP contribution in [-0.2, 0) is 16.1 Å². The van der Waals surface area contributed by atoms with E-state index >= 15 is 0 Å². The minimum Gasteiger partial charge on any atom is -0.497 e. The average Bonchev–Trinajstić information content (AvgIpc) is 3.24. The lowest BCUT2D eigenvalue weighted by molar-refractivity contribution is -0.159. The van der Waals surface area contributed by atoms with Crippen LogP contribution in [0.15, 0.2) is 41.8 Å². The van der Waals surface area contributed by atoms with Crippen LogP contribution in [0.1, 0.15) is 15.2 Å². The van der Waals surface area contributed by atoms with Gasteiger partial charge in [-0.15, -0.1) is 11.3 Å². The molecule has 0 bridgehead atoms. The molecule has 1 fully saturated rings. The summed E-state index contributed by atoms with van der Waals surface area (Å²) in [5.41, 5.74) is 1.28. The molecule has 0 saturated carbocycles. The second-order valence-electron chi connectivity index (χ2n) is 6.00. The summed E-state index contributed by atoms with van der Waals surface area (Å²) in [5.74, 6) is -2.60. The molecule has 150 valence electrons. The molecule has 1 aromatic heterocycles. The van der Waals surface area contributed by atoms with Crippen molar-refractivity contribution < 1.29 is 29.3 Å². The van der Waals surface area contributed by atoms with Crippen LogP contribution in [0.2, 0.25) is 0 Å². The van der Waals surface area contributed by atoms with Crippen molar-refractivity contribution in [1.82, 2.24) is 9.80 Å². The molecule has 2 aromatic rings. The predicted molar refractivity (Wildman–Crippen MR) is 104 cm³/mol. The van der Waals surface area contributed by atoms with E-state index in [1.165, 1.54) is 16.9 Å². The van der Waals surface area contributed by atoms with Crippen LogP contribution < -0.4 is 4.74 Å². The Kier molecular flexibility index (Phi) is 7.97. The molecule has 28 heavy (non-hydrogen) atoms. The Morgan fingerprint density at radius 2 is 1.61 bits per heavy atom. The molecular formula is C19H22N2O6S. The van der Waals surface area contributed by atoms with Crippen molar-refractivity contribution in [2.45, 2.75) is 6.54 Å². The highest BCUT2D eigenvalue weighted by molar-refractivity contribution is 7.12. The molecule has 0 atom stereocenters. The topological polar surface area (TPSA) is 107 Å². The van der Waals surface area contributed by atoms with Gasteiger partial charge in [-0.25, -0.2) is 9.59 Å². The molecule has 3 rings (SSSR count). The molecule has 1 aromatic carbocycles. The van der Waals surface area contributed by atoms with E-state index in [1.807, 2.05) is 34.5 Å². The first-order valence-corrected chi connectivity index (χ1v) is 9.43. The zero-order valence-corrected chi connectivity index (χ0v) is 16.2. The smallest absolute Gasteiger partial charge is 0.414 e. The van der Waals surface area contributed by atoms with E-state index in [4.69, 9.17) is 24.5 Å². The van der Waals surface area contributed by atoms with Crippen LogP contribution in [-0.4, -0.2) is 71.1 Å². The Hall–Kier alpha value is -2.91. The molecular weight excluding hydrogens is 384 g/mol. The van der Waals surface area contributed by atoms with Crippen molar-refractivity contribution >= 4 is 29.2 Å². The number of hydrogen-bond donors (Lipinski definition) is 2. The summed E-state index contributed by atoms with van der Waals surface area (Å²) in [7, 11) is 1.68. The zero-order valence-electron chi connectivity index (χ0n) is 15.4. The highest BCUT2D eigenvalue weighted by atomic mass is 32.1. The van der Waals surface area contributed by atoms with Crippen molar-refractivity contribution in [2.24, 2.45) is 0 Å². The van der Waals surface area contributed by atoms with Crippen LogP contribution in [0.4, 0.5) is 0 Å². The van der Waals surface area contributed by atoms with Crippen molar-refractivity contribution in [2.75, 3.05) is 33.3 Å². The Bertz CT molecular complexity index is 771. The van der Waals surface area contributed by atoms with Gasteiger partial charge in [0.05, 0.1) is 12.0 Å². The van der Waals surface area contributed by atoms with Crippen molar-refractivity contribution in [3.63, 3.8) is 0 Å². The summed E-state index contributed by atoms with van der Waals surface area (Å²) in [6.45, 7) is 4.36. The predicted octanol–water partition coefficient (Wildman–Crippen LogP) is 1.87. The van der Waals surface area contributed by atoms with E-state index in [9.17, 15) is 4.79 Å². The molecule has 1 aliphatic rings. The number of hydrogen-bond acceptors (Lipinski definition) is 6. The number of carbonyl (C=O) groups is 3. The molecule has 2 N–H and O–H groups in total. The van der Waals surface area contributed by atoms with E-state index in [0.717, 1.165) is 43.4 Å². The highest BCUT2D eigenvalue weighted by Crippen LogP contribution is 2.16. The van der Waals surface area contributed by atoms with E-state index in [2.05, 4.69) is 17.0 Å². The van der Waals surface area contributed by atoms with Crippen molar-refractivity contribution in [3.8, 4) is 5.75 Å². The quantitative estimate of drug-likeness (QED) is 0.747. The number of piperazine rings is 1. The maximum atomic E-state index is 12.3. The van der Waals surface area contributed by atoms with Gasteiger partial charge in [0.1, 0.15) is 5.75 Å². The third kappa shape index (κ3) is 6.36. The summed E-state index contributed by atoms with van der Waals surface area (Å²) in [5, 5.41) is 16.7. The molecule has 0 radical (unpaired) electrons. The maximum Gasteiger partial charge on any atom is 0.414 e. The first-order valence-electron chi connectivity index (χ1n) is 8.55. The summed E-state index contributed by atoms with van der Waals surface area (Å²) in [6.07, 6.45) is 0. The Balaban J connectivity index is 0.000000409. The summed E-state index contributed by atoms with van der Waals surface area (Å²) in [6, 6.07) is 12.0. The SMILES string of the molecule is COc1ccc(CN2CCN(C(=O)c3cccs3)CC2)cc1.O=C(O)C(=O)O. The van der Waals surface area contributed by atoms with Crippen molar-refractivity contribution in [3.05, 3.63) is 52.2 Å².